The second-order valence-electron chi connectivity index (χ2n) is 14.3. The van der Waals surface area contributed by atoms with Crippen LogP contribution in [-0.2, 0) is 51.3 Å². The minimum Gasteiger partial charge on any atom is -0.280 e. The molecule has 8 bridgehead atoms. The molecule has 0 radical (unpaired) electrons. The van der Waals surface area contributed by atoms with Gasteiger partial charge in [-0.1, -0.05) is 89.5 Å². The van der Waals surface area contributed by atoms with Crippen molar-refractivity contribution in [3.63, 3.8) is 0 Å². The molecule has 5 aliphatic heterocycles. The number of aliphatic imine (C=N–C) groups is 2. The van der Waals surface area contributed by atoms with Crippen LogP contribution in [0.15, 0.2) is 190 Å². The van der Waals surface area contributed by atoms with E-state index in [0.717, 1.165) is 90.2 Å². The molecule has 57 heavy (non-hydrogen) atoms. The second kappa shape index (κ2) is 18.2. The predicted octanol–water partition coefficient (Wildman–Crippen LogP) is 7.61. The van der Waals surface area contributed by atoms with Crippen molar-refractivity contribution >= 4 is 44.5 Å². The van der Waals surface area contributed by atoms with Crippen molar-refractivity contribution < 1.29 is 55.4 Å². The number of hydrogen-bond acceptors (Lipinski definition) is 3. The van der Waals surface area contributed by atoms with Crippen LogP contribution in [0.4, 0.5) is 0 Å². The number of aryl methyl sites for hydroxylation is 3. The van der Waals surface area contributed by atoms with E-state index in [1.807, 2.05) is 12.4 Å². The Morgan fingerprint density at radius 2 is 0.825 bits per heavy atom. The second-order valence-corrected chi connectivity index (χ2v) is 15.9. The van der Waals surface area contributed by atoms with Gasteiger partial charge in [0, 0.05) is 36.7 Å². The van der Waals surface area contributed by atoms with Crippen LogP contribution in [0.5, 0.6) is 0 Å². The number of rotatable bonds is 4. The van der Waals surface area contributed by atoms with Crippen molar-refractivity contribution in [3.05, 3.63) is 219 Å². The molecule has 9 heteroatoms. The molecule has 4 aromatic rings. The maximum atomic E-state index is 8.08. The van der Waals surface area contributed by atoms with Crippen molar-refractivity contribution in [2.45, 2.75) is 20.8 Å². The molecule has 278 valence electrons. The predicted molar refractivity (Wildman–Crippen MR) is 229 cm³/mol. The number of allylic oxidation sites excluding steroid dienone is 12. The molecular formula is C48H44N5OPtSZn+7. The van der Waals surface area contributed by atoms with Gasteiger partial charge < -0.3 is 0 Å². The van der Waals surface area contributed by atoms with Gasteiger partial charge in [0.2, 0.25) is 0 Å². The number of aromatic nitrogens is 1. The summed E-state index contributed by atoms with van der Waals surface area (Å²) in [6.45, 7) is 6.39. The number of benzene rings is 3. The third-order valence-corrected chi connectivity index (χ3v) is 9.96. The maximum Gasteiger partial charge on any atom is 2.00 e. The third kappa shape index (κ3) is 9.02. The molecule has 9 rings (SSSR count). The fourth-order valence-electron chi connectivity index (χ4n) is 7.32. The van der Waals surface area contributed by atoms with Crippen molar-refractivity contribution in [2.24, 2.45) is 9.98 Å². The summed E-state index contributed by atoms with van der Waals surface area (Å²) in [6, 6.07) is 30.5. The van der Waals surface area contributed by atoms with Crippen LogP contribution in [0.25, 0.3) is 22.3 Å². The fourth-order valence-corrected chi connectivity index (χ4v) is 7.32. The first kappa shape index (κ1) is 41.8. The van der Waals surface area contributed by atoms with E-state index in [2.05, 4.69) is 170 Å². The van der Waals surface area contributed by atoms with Gasteiger partial charge in [-0.15, -0.1) is 0 Å². The molecule has 0 spiro atoms. The van der Waals surface area contributed by atoms with Crippen LogP contribution in [0.2, 0.25) is 0 Å². The minimum atomic E-state index is -0.361. The molecule has 0 saturated carbocycles. The molecule has 5 aliphatic rings. The Morgan fingerprint density at radius 3 is 1.21 bits per heavy atom. The van der Waals surface area contributed by atoms with E-state index in [1.165, 1.54) is 16.7 Å². The van der Waals surface area contributed by atoms with Crippen LogP contribution >= 0.6 is 0 Å². The van der Waals surface area contributed by atoms with E-state index in [1.54, 1.807) is 12.5 Å². The molecule has 0 fully saturated rings. The van der Waals surface area contributed by atoms with Gasteiger partial charge in [-0.05, 0) is 79.5 Å². The van der Waals surface area contributed by atoms with E-state index >= 15 is 0 Å². The molecular weight excluding hydrogens is 955 g/mol. The zero-order valence-electron chi connectivity index (χ0n) is 32.7. The minimum absolute atomic E-state index is 0. The van der Waals surface area contributed by atoms with Gasteiger partial charge in [0.05, 0.1) is 57.6 Å². The largest absolute Gasteiger partial charge is 2.00 e. The number of nitrogens with zero attached hydrogens (tertiary/aromatic N) is 3. The normalized spacial score (nSPS) is 16.6. The standard InChI is InChI=1S/C46H35N5.C2H6OS.Pt.Zn/c1-28-4-10-31(11-5-28)43-35-16-18-37(48-35)44(32-12-6-29(2)7-13-32)39-20-22-41(50-39)46(34-24-26-47-27-25-34)42-23-21-40(51-42)45(38-19-17-36(43)49-38)33-14-8-30(3)9-15-33;1-4(2)3;;/h4-27,48,51H,1-3H3;1-2H3;;/q;;2*+2/p+3. The molecule has 0 atom stereocenters. The van der Waals surface area contributed by atoms with E-state index in [0.29, 0.717) is 0 Å². The molecule has 3 aromatic carbocycles. The van der Waals surface area contributed by atoms with E-state index in [9.17, 15) is 0 Å². The van der Waals surface area contributed by atoms with Gasteiger partial charge in [0.15, 0.2) is 10.8 Å². The molecule has 1 aromatic heterocycles. The molecule has 0 saturated heterocycles. The topological polar surface area (TPSA) is 92.2 Å². The maximum absolute atomic E-state index is 8.08. The third-order valence-electron chi connectivity index (χ3n) is 9.96. The Hall–Kier alpha value is -4.81. The summed E-state index contributed by atoms with van der Waals surface area (Å²) >= 11 is 0. The Morgan fingerprint density at radius 1 is 0.474 bits per heavy atom. The van der Waals surface area contributed by atoms with E-state index < -0.39 is 0 Å². The molecule has 0 amide bonds. The quantitative estimate of drug-likeness (QED) is 0.160. The fraction of sp³-hybridized carbons (Fsp3) is 0.104. The van der Waals surface area contributed by atoms with Gasteiger partial charge in [-0.25, -0.2) is 9.98 Å². The summed E-state index contributed by atoms with van der Waals surface area (Å²) in [5.74, 6) is 0. The van der Waals surface area contributed by atoms with Crippen LogP contribution in [0, 0.1) is 20.8 Å². The van der Waals surface area contributed by atoms with E-state index in [4.69, 9.17) is 14.2 Å². The van der Waals surface area contributed by atoms with Crippen LogP contribution in [0.3, 0.4) is 0 Å². The van der Waals surface area contributed by atoms with Gasteiger partial charge in [-0.2, -0.15) is 0 Å². The average molecular weight is 999 g/mol. The van der Waals surface area contributed by atoms with Crippen molar-refractivity contribution in [3.8, 4) is 0 Å². The number of nitrogens with two attached hydrogens (primary N) is 2. The van der Waals surface area contributed by atoms with Gasteiger partial charge >= 0.3 is 40.5 Å². The zero-order valence-corrected chi connectivity index (χ0v) is 38.8. The Kier molecular flexibility index (Phi) is 13.3. The van der Waals surface area contributed by atoms with Crippen molar-refractivity contribution in [2.75, 3.05) is 12.5 Å². The van der Waals surface area contributed by atoms with Crippen molar-refractivity contribution in [1.29, 1.82) is 0 Å². The monoisotopic (exact) mass is 997 g/mol. The first-order valence-corrected chi connectivity index (χ1v) is 20.4. The van der Waals surface area contributed by atoms with Crippen LogP contribution in [0.1, 0.15) is 38.9 Å². The summed E-state index contributed by atoms with van der Waals surface area (Å²) in [4.78, 5) is 15.2. The smallest absolute Gasteiger partial charge is 0.280 e. The van der Waals surface area contributed by atoms with Gasteiger partial charge in [0.1, 0.15) is 22.8 Å². The first-order chi connectivity index (χ1) is 26.7. The summed E-state index contributed by atoms with van der Waals surface area (Å²) in [5.41, 5.74) is 20.8. The molecule has 0 aliphatic carbocycles. The number of quaternary nitrogens is 2. The summed E-state index contributed by atoms with van der Waals surface area (Å²) in [5, 5.41) is 4.59. The first-order valence-electron chi connectivity index (χ1n) is 18.4. The number of pyridine rings is 1. The van der Waals surface area contributed by atoms with E-state index in [-0.39, 0.29) is 51.3 Å². The van der Waals surface area contributed by atoms with Crippen LogP contribution in [-0.4, -0.2) is 33.1 Å². The Bertz CT molecular complexity index is 2600. The number of hydrogen-bond donors (Lipinski definition) is 2. The average Bonchev–Trinajstić information content (AvgIpc) is 4.02. The van der Waals surface area contributed by atoms with Crippen molar-refractivity contribution in [1.82, 2.24) is 4.98 Å². The summed E-state index contributed by atoms with van der Waals surface area (Å²) in [6.07, 6.45) is 24.8. The SMILES string of the molecule is CS(C)=[OH+].Cc1ccc(C2=C3C=CC(=N3)C(c3ccc(C)cc3)=C3C=CC(=C(c4ccc(C)cc4)C4=NC(=C(c5ccncc5)C5=CC=C2[NH2+]5)C=C4)[NH2+]3)cc1.[Pt+2].[Zn+2]. The summed E-state index contributed by atoms with van der Waals surface area (Å²) in [7, 11) is -0.361. The van der Waals surface area contributed by atoms with Gasteiger partial charge in [-0.3, -0.25) is 19.8 Å². The molecule has 6 heterocycles. The van der Waals surface area contributed by atoms with Gasteiger partial charge in [0.25, 0.3) is 0 Å². The van der Waals surface area contributed by atoms with Crippen LogP contribution < -0.4 is 10.6 Å². The Balaban J connectivity index is 0.000000876. The Labute approximate surface area is 364 Å². The number of fused-ring (bicyclic) bond motifs is 6. The zero-order chi connectivity index (χ0) is 38.1. The summed E-state index contributed by atoms with van der Waals surface area (Å²) < 4.78 is 8.08. The molecule has 0 unspecified atom stereocenters. The molecule has 6 nitrogen and oxygen atoms in total. The molecule has 5 N–H and O–H groups in total.